The minimum atomic E-state index is -3.15. The van der Waals surface area contributed by atoms with Crippen LogP contribution in [0.5, 0.6) is 0 Å². The van der Waals surface area contributed by atoms with Crippen molar-refractivity contribution < 1.29 is 8.42 Å². The second kappa shape index (κ2) is 4.90. The first-order chi connectivity index (χ1) is 7.66. The minimum Gasteiger partial charge on any atom is -0.313 e. The molecular weight excluding hydrogens is 226 g/mol. The molecule has 16 heavy (non-hydrogen) atoms. The molecule has 1 aliphatic rings. The number of sulfonamides is 1. The zero-order valence-electron chi connectivity index (χ0n) is 8.89. The molecule has 0 radical (unpaired) electrons. The Hall–Kier alpha value is -0.980. The van der Waals surface area contributed by atoms with Crippen molar-refractivity contribution in [1.29, 1.82) is 0 Å². The molecule has 88 valence electrons. The third-order valence-electron chi connectivity index (χ3n) is 2.54. The fourth-order valence-electron chi connectivity index (χ4n) is 1.49. The monoisotopic (exact) mass is 241 g/mol. The average molecular weight is 241 g/mol. The second-order valence-corrected chi connectivity index (χ2v) is 5.77. The quantitative estimate of drug-likeness (QED) is 0.730. The predicted molar refractivity (Wildman–Crippen MR) is 61.5 cm³/mol. The third kappa shape index (κ3) is 3.26. The second-order valence-electron chi connectivity index (χ2n) is 3.90. The maximum absolute atomic E-state index is 11.7. The highest BCUT2D eigenvalue weighted by atomic mass is 32.2. The first kappa shape index (κ1) is 11.5. The molecular formula is C10H15N3O2S. The Bertz CT molecular complexity index is 429. The van der Waals surface area contributed by atoms with E-state index in [1.54, 1.807) is 12.4 Å². The fraction of sp³-hybridized carbons (Fsp3) is 0.500. The van der Waals surface area contributed by atoms with Gasteiger partial charge in [0.05, 0.1) is 5.75 Å². The Morgan fingerprint density at radius 3 is 2.62 bits per heavy atom. The van der Waals surface area contributed by atoms with Crippen molar-refractivity contribution in [2.24, 2.45) is 0 Å². The average Bonchev–Trinajstić information content (AvgIpc) is 2.23. The largest absolute Gasteiger partial charge is 0.313 e. The van der Waals surface area contributed by atoms with Gasteiger partial charge in [0.1, 0.15) is 0 Å². The summed E-state index contributed by atoms with van der Waals surface area (Å²) in [7, 11) is -3.15. The van der Waals surface area contributed by atoms with Gasteiger partial charge in [-0.25, -0.2) is 13.1 Å². The molecule has 0 saturated carbocycles. The van der Waals surface area contributed by atoms with Crippen LogP contribution >= 0.6 is 0 Å². The van der Waals surface area contributed by atoms with Crippen LogP contribution in [-0.2, 0) is 16.4 Å². The number of aromatic nitrogens is 1. The van der Waals surface area contributed by atoms with E-state index in [-0.39, 0.29) is 11.8 Å². The summed E-state index contributed by atoms with van der Waals surface area (Å²) in [6.45, 7) is 1.46. The van der Waals surface area contributed by atoms with Gasteiger partial charge in [-0.2, -0.15) is 0 Å². The van der Waals surface area contributed by atoms with Gasteiger partial charge in [0.2, 0.25) is 10.0 Å². The molecule has 0 amide bonds. The normalized spacial score (nSPS) is 17.0. The van der Waals surface area contributed by atoms with Crippen LogP contribution < -0.4 is 10.0 Å². The van der Waals surface area contributed by atoms with Crippen molar-refractivity contribution in [2.75, 3.05) is 18.8 Å². The van der Waals surface area contributed by atoms with Gasteiger partial charge in [-0.3, -0.25) is 4.98 Å². The topological polar surface area (TPSA) is 71.1 Å². The first-order valence-corrected chi connectivity index (χ1v) is 6.90. The number of aryl methyl sites for hydroxylation is 1. The summed E-state index contributed by atoms with van der Waals surface area (Å²) in [6, 6.07) is 3.74. The Balaban J connectivity index is 1.84. The molecule has 5 nitrogen and oxygen atoms in total. The van der Waals surface area contributed by atoms with Gasteiger partial charge in [-0.05, 0) is 24.1 Å². The van der Waals surface area contributed by atoms with Crippen LogP contribution in [0, 0.1) is 0 Å². The van der Waals surface area contributed by atoms with Crippen LogP contribution in [0.25, 0.3) is 0 Å². The summed E-state index contributed by atoms with van der Waals surface area (Å²) in [5.74, 6) is 0.132. The zero-order chi connectivity index (χ0) is 11.4. The highest BCUT2D eigenvalue weighted by Crippen LogP contribution is 2.01. The van der Waals surface area contributed by atoms with E-state index in [9.17, 15) is 8.42 Å². The summed E-state index contributed by atoms with van der Waals surface area (Å²) >= 11 is 0. The molecule has 2 N–H and O–H groups in total. The van der Waals surface area contributed by atoms with E-state index < -0.39 is 10.0 Å². The lowest BCUT2D eigenvalue weighted by Crippen LogP contribution is -2.57. The van der Waals surface area contributed by atoms with Gasteiger partial charge < -0.3 is 5.32 Å². The Labute approximate surface area is 95.3 Å². The smallest absolute Gasteiger partial charge is 0.212 e. The number of hydrogen-bond acceptors (Lipinski definition) is 4. The van der Waals surface area contributed by atoms with Gasteiger partial charge in [0.25, 0.3) is 0 Å². The summed E-state index contributed by atoms with van der Waals surface area (Å²) in [5, 5.41) is 3.02. The number of pyridine rings is 1. The summed E-state index contributed by atoms with van der Waals surface area (Å²) < 4.78 is 26.0. The van der Waals surface area contributed by atoms with E-state index >= 15 is 0 Å². The van der Waals surface area contributed by atoms with Gasteiger partial charge in [0.15, 0.2) is 0 Å². The number of nitrogens with one attached hydrogen (secondary N) is 2. The third-order valence-corrected chi connectivity index (χ3v) is 3.97. The van der Waals surface area contributed by atoms with Crippen LogP contribution in [0.1, 0.15) is 5.56 Å². The number of nitrogens with zero attached hydrogens (tertiary/aromatic N) is 1. The molecule has 0 bridgehead atoms. The fourth-order valence-corrected chi connectivity index (χ4v) is 2.78. The summed E-state index contributed by atoms with van der Waals surface area (Å²) in [4.78, 5) is 3.89. The molecule has 2 heterocycles. The van der Waals surface area contributed by atoms with E-state index in [0.29, 0.717) is 6.42 Å². The van der Waals surface area contributed by atoms with Crippen molar-refractivity contribution in [2.45, 2.75) is 12.5 Å². The lowest BCUT2D eigenvalue weighted by atomic mass is 10.2. The summed E-state index contributed by atoms with van der Waals surface area (Å²) in [5.41, 5.74) is 0.993. The molecule has 0 aliphatic carbocycles. The summed E-state index contributed by atoms with van der Waals surface area (Å²) in [6.07, 6.45) is 3.87. The zero-order valence-corrected chi connectivity index (χ0v) is 9.70. The maximum atomic E-state index is 11.7. The van der Waals surface area contributed by atoms with Gasteiger partial charge >= 0.3 is 0 Å². The van der Waals surface area contributed by atoms with Crippen LogP contribution in [0.3, 0.4) is 0 Å². The highest BCUT2D eigenvalue weighted by Gasteiger charge is 2.22. The molecule has 6 heteroatoms. The van der Waals surface area contributed by atoms with Gasteiger partial charge in [0, 0.05) is 31.5 Å². The van der Waals surface area contributed by atoms with E-state index in [0.717, 1.165) is 18.7 Å². The molecule has 1 aliphatic heterocycles. The Morgan fingerprint density at radius 1 is 1.38 bits per heavy atom. The molecule has 0 unspecified atom stereocenters. The lowest BCUT2D eigenvalue weighted by Gasteiger charge is -2.27. The minimum absolute atomic E-state index is 0.0717. The van der Waals surface area contributed by atoms with E-state index in [1.807, 2.05) is 12.1 Å². The van der Waals surface area contributed by atoms with Crippen LogP contribution in [-0.4, -0.2) is 38.3 Å². The Morgan fingerprint density at radius 2 is 2.06 bits per heavy atom. The van der Waals surface area contributed by atoms with Crippen LogP contribution in [0.15, 0.2) is 24.5 Å². The highest BCUT2D eigenvalue weighted by molar-refractivity contribution is 7.89. The number of rotatable bonds is 5. The molecule has 0 spiro atoms. The molecule has 2 rings (SSSR count). The van der Waals surface area contributed by atoms with Crippen molar-refractivity contribution >= 4 is 10.0 Å². The van der Waals surface area contributed by atoms with Crippen molar-refractivity contribution in [3.05, 3.63) is 30.1 Å². The maximum Gasteiger partial charge on any atom is 0.212 e. The predicted octanol–water partition coefficient (Wildman–Crippen LogP) is -0.485. The van der Waals surface area contributed by atoms with Crippen molar-refractivity contribution in [1.82, 2.24) is 15.0 Å². The van der Waals surface area contributed by atoms with Crippen LogP contribution in [0.4, 0.5) is 0 Å². The molecule has 0 aromatic carbocycles. The SMILES string of the molecule is O=S(=O)(CCc1ccncc1)NC1CNC1. The lowest BCUT2D eigenvalue weighted by molar-refractivity contribution is 0.410. The van der Waals surface area contributed by atoms with Crippen molar-refractivity contribution in [3.8, 4) is 0 Å². The van der Waals surface area contributed by atoms with E-state index in [2.05, 4.69) is 15.0 Å². The van der Waals surface area contributed by atoms with Gasteiger partial charge in [-0.1, -0.05) is 0 Å². The van der Waals surface area contributed by atoms with Crippen LogP contribution in [0.2, 0.25) is 0 Å². The number of hydrogen-bond donors (Lipinski definition) is 2. The van der Waals surface area contributed by atoms with E-state index in [4.69, 9.17) is 0 Å². The standard InChI is InChI=1S/C10H15N3O2S/c14-16(15,13-10-7-12-8-10)6-3-9-1-4-11-5-2-9/h1-2,4-5,10,12-13H,3,6-8H2. The molecule has 1 fully saturated rings. The molecule has 1 aromatic heterocycles. The van der Waals surface area contributed by atoms with Crippen molar-refractivity contribution in [3.63, 3.8) is 0 Å². The van der Waals surface area contributed by atoms with E-state index in [1.165, 1.54) is 0 Å². The van der Waals surface area contributed by atoms with Gasteiger partial charge in [-0.15, -0.1) is 0 Å². The molecule has 1 aromatic rings. The Kier molecular flexibility index (Phi) is 3.52. The molecule has 1 saturated heterocycles. The molecule has 0 atom stereocenters. The first-order valence-electron chi connectivity index (χ1n) is 5.25.